The van der Waals surface area contributed by atoms with Gasteiger partial charge in [-0.05, 0) is 0 Å². The number of aryl methyl sites for hydroxylation is 3. The first kappa shape index (κ1) is 15.8. The van der Waals surface area contributed by atoms with Crippen LogP contribution in [0.1, 0.15) is 27.0 Å². The van der Waals surface area contributed by atoms with Crippen LogP contribution in [0.25, 0.3) is 0 Å². The maximum absolute atomic E-state index is 11.2. The summed E-state index contributed by atoms with van der Waals surface area (Å²) in [4.78, 5) is 32.9. The van der Waals surface area contributed by atoms with Crippen molar-refractivity contribution in [3.05, 3.63) is 34.4 Å². The van der Waals surface area contributed by atoms with Gasteiger partial charge in [-0.1, -0.05) is 0 Å². The van der Waals surface area contributed by atoms with E-state index >= 15 is 0 Å². The third kappa shape index (κ3) is 5.77. The molecule has 16 heavy (non-hydrogen) atoms. The SMILES string of the molecule is OP(O)O.[Li][C](=O)c1c(C)cc(C)cc1C. The minimum atomic E-state index is -2.62. The van der Waals surface area contributed by atoms with Crippen LogP contribution in [0.15, 0.2) is 12.1 Å². The molecule has 4 nitrogen and oxygen atoms in total. The van der Waals surface area contributed by atoms with Crippen LogP contribution >= 0.6 is 8.60 Å². The Morgan fingerprint density at radius 1 is 1.12 bits per heavy atom. The predicted molar refractivity (Wildman–Crippen MR) is 64.3 cm³/mol. The van der Waals surface area contributed by atoms with Gasteiger partial charge in [-0.15, -0.1) is 0 Å². The van der Waals surface area contributed by atoms with Gasteiger partial charge in [-0.3, -0.25) is 0 Å². The molecule has 0 bridgehead atoms. The zero-order valence-corrected chi connectivity index (χ0v) is 10.7. The predicted octanol–water partition coefficient (Wildman–Crippen LogP) is 1.11. The molecule has 0 saturated heterocycles. The first-order valence-electron chi connectivity index (χ1n) is 4.71. The summed E-state index contributed by atoms with van der Waals surface area (Å²) >= 11 is 1.62. The Balaban J connectivity index is 0.000000487. The molecule has 6 heteroatoms. The molecule has 0 aromatic heterocycles. The number of carbonyl (C=O) groups is 1. The average molecular weight is 236 g/mol. The van der Waals surface area contributed by atoms with Gasteiger partial charge in [0.1, 0.15) is 0 Å². The van der Waals surface area contributed by atoms with Crippen molar-refractivity contribution in [1.29, 1.82) is 0 Å². The van der Waals surface area contributed by atoms with E-state index < -0.39 is 8.60 Å². The topological polar surface area (TPSA) is 77.8 Å². The van der Waals surface area contributed by atoms with Crippen molar-refractivity contribution >= 4 is 30.8 Å². The van der Waals surface area contributed by atoms with Crippen LogP contribution in [-0.4, -0.2) is 36.9 Å². The van der Waals surface area contributed by atoms with Crippen LogP contribution in [0.5, 0.6) is 0 Å². The van der Waals surface area contributed by atoms with E-state index in [9.17, 15) is 4.79 Å². The van der Waals surface area contributed by atoms with Gasteiger partial charge < -0.3 is 14.7 Å². The molecule has 1 aromatic carbocycles. The number of carbonyl (C=O) groups excluding carboxylic acids is 1. The summed E-state index contributed by atoms with van der Waals surface area (Å²) in [5.74, 6) is 0. The molecule has 0 aliphatic heterocycles. The Bertz CT molecular complexity index is 353. The Labute approximate surface area is 106 Å². The van der Waals surface area contributed by atoms with Crippen molar-refractivity contribution in [3.63, 3.8) is 0 Å². The van der Waals surface area contributed by atoms with E-state index in [0.717, 1.165) is 16.7 Å². The standard InChI is InChI=1S/C10H11O.Li.H3O3P/c1-7-4-8(2)10(6-11)9(3)5-7;;1-4(2)3/h4-5H,1-3H3;;1-3H. The van der Waals surface area contributed by atoms with Crippen molar-refractivity contribution in [2.75, 3.05) is 0 Å². The molecular weight excluding hydrogens is 222 g/mol. The second kappa shape index (κ2) is 7.19. The normalized spacial score (nSPS) is 9.81. The molecule has 3 N–H and O–H groups in total. The van der Waals surface area contributed by atoms with E-state index in [4.69, 9.17) is 14.7 Å². The van der Waals surface area contributed by atoms with Gasteiger partial charge in [0.2, 0.25) is 0 Å². The van der Waals surface area contributed by atoms with Crippen LogP contribution in [0.2, 0.25) is 0 Å². The number of hydrogen-bond acceptors (Lipinski definition) is 4. The van der Waals surface area contributed by atoms with E-state index in [0.29, 0.717) is 0 Å². The van der Waals surface area contributed by atoms with Gasteiger partial charge in [0.05, 0.1) is 0 Å². The molecule has 0 unspecified atom stereocenters. The zero-order valence-electron chi connectivity index (χ0n) is 9.85. The Morgan fingerprint density at radius 3 is 1.69 bits per heavy atom. The van der Waals surface area contributed by atoms with Crippen LogP contribution in [0.3, 0.4) is 0 Å². The summed E-state index contributed by atoms with van der Waals surface area (Å²) in [6, 6.07) is 4.09. The van der Waals surface area contributed by atoms with E-state index in [1.807, 2.05) is 32.9 Å². The van der Waals surface area contributed by atoms with Crippen molar-refractivity contribution in [3.8, 4) is 0 Å². The fraction of sp³-hybridized carbons (Fsp3) is 0.300. The average Bonchev–Trinajstić information content (AvgIpc) is 1.98. The molecule has 0 amide bonds. The van der Waals surface area contributed by atoms with Gasteiger partial charge in [-0.25, -0.2) is 0 Å². The molecule has 1 aromatic rings. The number of rotatable bonds is 1. The zero-order chi connectivity index (χ0) is 12.9. The molecule has 0 aliphatic carbocycles. The van der Waals surface area contributed by atoms with Crippen LogP contribution < -0.4 is 0 Å². The molecule has 0 aliphatic rings. The van der Waals surface area contributed by atoms with Gasteiger partial charge in [0, 0.05) is 0 Å². The maximum atomic E-state index is 11.2. The van der Waals surface area contributed by atoms with Gasteiger partial charge in [-0.2, -0.15) is 0 Å². The van der Waals surface area contributed by atoms with Gasteiger partial charge in [0.25, 0.3) is 0 Å². The summed E-state index contributed by atoms with van der Waals surface area (Å²) in [7, 11) is -2.62. The first-order chi connectivity index (χ1) is 7.25. The van der Waals surface area contributed by atoms with E-state index in [-0.39, 0.29) is 4.46 Å². The van der Waals surface area contributed by atoms with Gasteiger partial charge in [0.15, 0.2) is 0 Å². The van der Waals surface area contributed by atoms with Crippen molar-refractivity contribution in [2.45, 2.75) is 20.8 Å². The Hall–Kier alpha value is -0.203. The molecule has 0 saturated carbocycles. The summed E-state index contributed by atoms with van der Waals surface area (Å²) in [5, 5.41) is 0. The first-order valence-corrected chi connectivity index (χ1v) is 5.91. The summed E-state index contributed by atoms with van der Waals surface area (Å²) < 4.78 is 0.157. The molecule has 0 radical (unpaired) electrons. The molecule has 84 valence electrons. The summed E-state index contributed by atoms with van der Waals surface area (Å²) in [6.45, 7) is 6.01. The second-order valence-electron chi connectivity index (χ2n) is 3.60. The number of benzene rings is 1. The van der Waals surface area contributed by atoms with E-state index in [2.05, 4.69) is 0 Å². The quantitative estimate of drug-likeness (QED) is 0.504. The molecule has 0 spiro atoms. The van der Waals surface area contributed by atoms with E-state index in [1.54, 1.807) is 17.7 Å². The van der Waals surface area contributed by atoms with Crippen molar-refractivity contribution in [2.24, 2.45) is 0 Å². The van der Waals surface area contributed by atoms with Crippen LogP contribution in [0.4, 0.5) is 0 Å². The van der Waals surface area contributed by atoms with Crippen molar-refractivity contribution < 1.29 is 19.5 Å². The van der Waals surface area contributed by atoms with Crippen LogP contribution in [-0.2, 0) is 0 Å². The third-order valence-electron chi connectivity index (χ3n) is 2.03. The van der Waals surface area contributed by atoms with Gasteiger partial charge >= 0.3 is 90.7 Å². The minimum absolute atomic E-state index is 0.157. The molecule has 0 heterocycles. The Kier molecular flexibility index (Phi) is 7.10. The fourth-order valence-corrected chi connectivity index (χ4v) is 1.74. The molecular formula is C10H14LiO4P. The van der Waals surface area contributed by atoms with E-state index in [1.165, 1.54) is 5.56 Å². The van der Waals surface area contributed by atoms with Crippen molar-refractivity contribution in [1.82, 2.24) is 0 Å². The summed E-state index contributed by atoms with van der Waals surface area (Å²) in [6.07, 6.45) is 0. The second-order valence-corrected chi connectivity index (χ2v) is 4.13. The number of hydrogen-bond donors (Lipinski definition) is 3. The molecule has 1 rings (SSSR count). The monoisotopic (exact) mass is 236 g/mol. The van der Waals surface area contributed by atoms with Crippen LogP contribution in [0, 0.1) is 20.8 Å². The molecule has 0 fully saturated rings. The summed E-state index contributed by atoms with van der Waals surface area (Å²) in [5.41, 5.74) is 4.26. The molecule has 0 atom stereocenters. The fourth-order valence-electron chi connectivity index (χ4n) is 1.74. The Morgan fingerprint density at radius 2 is 1.44 bits per heavy atom. The third-order valence-corrected chi connectivity index (χ3v) is 2.03.